The van der Waals surface area contributed by atoms with Gasteiger partial charge in [-0.15, -0.1) is 0 Å². The van der Waals surface area contributed by atoms with Crippen LogP contribution in [0.1, 0.15) is 27.9 Å². The van der Waals surface area contributed by atoms with Gasteiger partial charge in [0, 0.05) is 29.9 Å². The molecule has 0 radical (unpaired) electrons. The number of carbonyl (C=O) groups is 1. The summed E-state index contributed by atoms with van der Waals surface area (Å²) in [7, 11) is 0. The summed E-state index contributed by atoms with van der Waals surface area (Å²) >= 11 is 0. The van der Waals surface area contributed by atoms with Crippen molar-refractivity contribution in [2.45, 2.75) is 13.3 Å². The van der Waals surface area contributed by atoms with Crippen LogP contribution in [0.2, 0.25) is 0 Å². The second-order valence-corrected chi connectivity index (χ2v) is 4.35. The van der Waals surface area contributed by atoms with Gasteiger partial charge < -0.3 is 10.4 Å². The average Bonchev–Trinajstić information content (AvgIpc) is 2.50. The lowest BCUT2D eigenvalue weighted by molar-refractivity contribution is 0.102. The minimum absolute atomic E-state index is 0.0267. The molecule has 106 valence electrons. The molecule has 0 aliphatic rings. The Bertz CT molecular complexity index is 688. The standard InChI is InChI=1S/C16H15N3O2/c1-12-5-6-13(4-2-3-9-20)10-14(12)16(21)19-15-11-17-7-8-18-15/h5-8,10-11,20H,3,9H2,1H3,(H,18,19,21). The van der Waals surface area contributed by atoms with Crippen molar-refractivity contribution in [3.63, 3.8) is 0 Å². The van der Waals surface area contributed by atoms with E-state index in [4.69, 9.17) is 5.11 Å². The van der Waals surface area contributed by atoms with Gasteiger partial charge in [-0.25, -0.2) is 4.98 Å². The fourth-order valence-corrected chi connectivity index (χ4v) is 1.71. The molecule has 0 saturated carbocycles. The zero-order valence-electron chi connectivity index (χ0n) is 11.6. The first-order valence-electron chi connectivity index (χ1n) is 6.48. The van der Waals surface area contributed by atoms with Crippen LogP contribution in [-0.4, -0.2) is 27.6 Å². The van der Waals surface area contributed by atoms with E-state index < -0.39 is 0 Å². The number of hydrogen-bond donors (Lipinski definition) is 2. The van der Waals surface area contributed by atoms with Gasteiger partial charge in [-0.3, -0.25) is 9.78 Å². The van der Waals surface area contributed by atoms with Gasteiger partial charge in [0.1, 0.15) is 0 Å². The van der Waals surface area contributed by atoms with E-state index in [0.29, 0.717) is 17.8 Å². The Kier molecular flexibility index (Phi) is 5.02. The Morgan fingerprint density at radius 3 is 2.95 bits per heavy atom. The second-order valence-electron chi connectivity index (χ2n) is 4.35. The number of aromatic nitrogens is 2. The van der Waals surface area contributed by atoms with Gasteiger partial charge in [0.2, 0.25) is 0 Å². The highest BCUT2D eigenvalue weighted by Gasteiger charge is 2.10. The van der Waals surface area contributed by atoms with Crippen LogP contribution in [0.25, 0.3) is 0 Å². The molecule has 1 aromatic carbocycles. The molecule has 1 amide bonds. The van der Waals surface area contributed by atoms with Crippen molar-refractivity contribution in [2.24, 2.45) is 0 Å². The first-order valence-corrected chi connectivity index (χ1v) is 6.48. The van der Waals surface area contributed by atoms with Crippen LogP contribution >= 0.6 is 0 Å². The largest absolute Gasteiger partial charge is 0.395 e. The van der Waals surface area contributed by atoms with Crippen LogP contribution in [0.15, 0.2) is 36.8 Å². The van der Waals surface area contributed by atoms with Crippen molar-refractivity contribution in [1.29, 1.82) is 0 Å². The summed E-state index contributed by atoms with van der Waals surface area (Å²) in [6.45, 7) is 1.88. The predicted molar refractivity (Wildman–Crippen MR) is 79.7 cm³/mol. The quantitative estimate of drug-likeness (QED) is 0.841. The van der Waals surface area contributed by atoms with Gasteiger partial charge in [-0.1, -0.05) is 17.9 Å². The second kappa shape index (κ2) is 7.17. The zero-order valence-corrected chi connectivity index (χ0v) is 11.6. The first-order chi connectivity index (χ1) is 10.2. The summed E-state index contributed by atoms with van der Waals surface area (Å²) in [4.78, 5) is 20.2. The van der Waals surface area contributed by atoms with Crippen LogP contribution in [0.5, 0.6) is 0 Å². The van der Waals surface area contributed by atoms with Gasteiger partial charge >= 0.3 is 0 Å². The van der Waals surface area contributed by atoms with Crippen LogP contribution in [0.3, 0.4) is 0 Å². The van der Waals surface area contributed by atoms with E-state index in [1.165, 1.54) is 18.6 Å². The number of carbonyl (C=O) groups excluding carboxylic acids is 1. The normalized spacial score (nSPS) is 9.62. The Morgan fingerprint density at radius 1 is 1.38 bits per heavy atom. The van der Waals surface area contributed by atoms with Crippen molar-refractivity contribution in [1.82, 2.24) is 9.97 Å². The van der Waals surface area contributed by atoms with E-state index >= 15 is 0 Å². The molecule has 0 aliphatic heterocycles. The maximum absolute atomic E-state index is 12.3. The number of rotatable bonds is 3. The summed E-state index contributed by atoms with van der Waals surface area (Å²) < 4.78 is 0. The van der Waals surface area contributed by atoms with Crippen LogP contribution in [-0.2, 0) is 0 Å². The number of aryl methyl sites for hydroxylation is 1. The van der Waals surface area contributed by atoms with Gasteiger partial charge in [0.15, 0.2) is 5.82 Å². The minimum Gasteiger partial charge on any atom is -0.395 e. The fourth-order valence-electron chi connectivity index (χ4n) is 1.71. The maximum atomic E-state index is 12.3. The van der Waals surface area contributed by atoms with Gasteiger partial charge in [0.25, 0.3) is 5.91 Å². The third kappa shape index (κ3) is 4.13. The molecule has 5 nitrogen and oxygen atoms in total. The molecule has 21 heavy (non-hydrogen) atoms. The van der Waals surface area contributed by atoms with Crippen LogP contribution in [0, 0.1) is 18.8 Å². The molecule has 0 spiro atoms. The summed E-state index contributed by atoms with van der Waals surface area (Å²) in [5.74, 6) is 5.90. The molecule has 0 bridgehead atoms. The lowest BCUT2D eigenvalue weighted by atomic mass is 10.0. The lowest BCUT2D eigenvalue weighted by Gasteiger charge is -2.07. The molecular formula is C16H15N3O2. The summed E-state index contributed by atoms with van der Waals surface area (Å²) in [5, 5.41) is 11.4. The Labute approximate surface area is 123 Å². The van der Waals surface area contributed by atoms with Crippen LogP contribution < -0.4 is 5.32 Å². The number of amides is 1. The van der Waals surface area contributed by atoms with E-state index in [1.807, 2.05) is 19.1 Å². The average molecular weight is 281 g/mol. The molecule has 0 aliphatic carbocycles. The molecule has 0 saturated heterocycles. The molecule has 2 rings (SSSR count). The first kappa shape index (κ1) is 14.7. The minimum atomic E-state index is -0.251. The van der Waals surface area contributed by atoms with Crippen LogP contribution in [0.4, 0.5) is 5.82 Å². The maximum Gasteiger partial charge on any atom is 0.257 e. The Morgan fingerprint density at radius 2 is 2.24 bits per heavy atom. The van der Waals surface area contributed by atoms with Crippen molar-refractivity contribution in [3.05, 3.63) is 53.5 Å². The SMILES string of the molecule is Cc1ccc(C#CCCO)cc1C(=O)Nc1cnccn1. The number of nitrogens with zero attached hydrogens (tertiary/aromatic N) is 2. The van der Waals surface area contributed by atoms with Crippen molar-refractivity contribution in [2.75, 3.05) is 11.9 Å². The Balaban J connectivity index is 2.20. The van der Waals surface area contributed by atoms with E-state index in [2.05, 4.69) is 27.1 Å². The smallest absolute Gasteiger partial charge is 0.257 e. The number of anilines is 1. The van der Waals surface area contributed by atoms with Crippen molar-refractivity contribution in [3.8, 4) is 11.8 Å². The Hall–Kier alpha value is -2.71. The van der Waals surface area contributed by atoms with E-state index in [0.717, 1.165) is 11.1 Å². The highest BCUT2D eigenvalue weighted by atomic mass is 16.2. The molecule has 2 N–H and O–H groups in total. The molecule has 0 fully saturated rings. The predicted octanol–water partition coefficient (Wildman–Crippen LogP) is 1.77. The monoisotopic (exact) mass is 281 g/mol. The summed E-state index contributed by atoms with van der Waals surface area (Å²) in [6.07, 6.45) is 4.95. The summed E-state index contributed by atoms with van der Waals surface area (Å²) in [6, 6.07) is 5.42. The van der Waals surface area contributed by atoms with Crippen molar-refractivity contribution < 1.29 is 9.90 Å². The molecule has 2 aromatic rings. The van der Waals surface area contributed by atoms with Gasteiger partial charge in [-0.2, -0.15) is 0 Å². The lowest BCUT2D eigenvalue weighted by Crippen LogP contribution is -2.14. The molecule has 0 atom stereocenters. The number of aliphatic hydroxyl groups is 1. The van der Waals surface area contributed by atoms with Crippen molar-refractivity contribution >= 4 is 11.7 Å². The molecule has 5 heteroatoms. The molecule has 0 unspecified atom stereocenters. The van der Waals surface area contributed by atoms with Gasteiger partial charge in [-0.05, 0) is 24.6 Å². The van der Waals surface area contributed by atoms with E-state index in [1.54, 1.807) is 6.07 Å². The summed E-state index contributed by atoms with van der Waals surface area (Å²) in [5.41, 5.74) is 2.12. The molecule has 1 heterocycles. The fraction of sp³-hybridized carbons (Fsp3) is 0.188. The number of aliphatic hydroxyl groups excluding tert-OH is 1. The molecular weight excluding hydrogens is 266 g/mol. The highest BCUT2D eigenvalue weighted by Crippen LogP contribution is 2.12. The topological polar surface area (TPSA) is 75.1 Å². The third-order valence-electron chi connectivity index (χ3n) is 2.76. The van der Waals surface area contributed by atoms with E-state index in [9.17, 15) is 4.79 Å². The third-order valence-corrected chi connectivity index (χ3v) is 2.76. The van der Waals surface area contributed by atoms with Gasteiger partial charge in [0.05, 0.1) is 12.8 Å². The highest BCUT2D eigenvalue weighted by molar-refractivity contribution is 6.04. The molecule has 1 aromatic heterocycles. The zero-order chi connectivity index (χ0) is 15.1. The van der Waals surface area contributed by atoms with E-state index in [-0.39, 0.29) is 12.5 Å². The number of hydrogen-bond acceptors (Lipinski definition) is 4. The number of benzene rings is 1. The number of nitrogens with one attached hydrogen (secondary N) is 1.